The van der Waals surface area contributed by atoms with Crippen molar-refractivity contribution in [1.82, 2.24) is 4.90 Å². The molecule has 0 bridgehead atoms. The minimum atomic E-state index is -0.723. The second-order valence-corrected chi connectivity index (χ2v) is 6.89. The van der Waals surface area contributed by atoms with E-state index >= 15 is 0 Å². The van der Waals surface area contributed by atoms with Crippen molar-refractivity contribution in [2.75, 3.05) is 13.7 Å². The SMILES string of the molecule is COC(=O)CN1C(=O)S/C(=C/c2ccc(-c3ccc(Cl)cc3[N+](=O)[O-])o2)C1=O. The van der Waals surface area contributed by atoms with Crippen molar-refractivity contribution in [2.24, 2.45) is 0 Å². The molecule has 0 spiro atoms. The van der Waals surface area contributed by atoms with Crippen LogP contribution in [-0.2, 0) is 14.3 Å². The van der Waals surface area contributed by atoms with Gasteiger partial charge in [-0.2, -0.15) is 0 Å². The van der Waals surface area contributed by atoms with E-state index in [0.717, 1.165) is 12.0 Å². The van der Waals surface area contributed by atoms with Gasteiger partial charge in [-0.3, -0.25) is 29.4 Å². The highest BCUT2D eigenvalue weighted by Crippen LogP contribution is 2.36. The molecule has 144 valence electrons. The smallest absolute Gasteiger partial charge is 0.325 e. The number of methoxy groups -OCH3 is 1. The van der Waals surface area contributed by atoms with Crippen molar-refractivity contribution in [1.29, 1.82) is 0 Å². The van der Waals surface area contributed by atoms with Gasteiger partial charge in [-0.15, -0.1) is 0 Å². The Morgan fingerprint density at radius 3 is 2.79 bits per heavy atom. The summed E-state index contributed by atoms with van der Waals surface area (Å²) < 4.78 is 10.0. The fourth-order valence-electron chi connectivity index (χ4n) is 2.40. The number of hydrogen-bond acceptors (Lipinski definition) is 8. The summed E-state index contributed by atoms with van der Waals surface area (Å²) in [6.45, 7) is -0.487. The summed E-state index contributed by atoms with van der Waals surface area (Å²) in [5.74, 6) is -0.971. The van der Waals surface area contributed by atoms with E-state index in [-0.39, 0.29) is 32.7 Å². The lowest BCUT2D eigenvalue weighted by atomic mass is 10.1. The monoisotopic (exact) mass is 422 g/mol. The molecule has 2 aromatic rings. The van der Waals surface area contributed by atoms with Crippen LogP contribution in [0.1, 0.15) is 5.76 Å². The molecule has 0 unspecified atom stereocenters. The Morgan fingerprint density at radius 1 is 1.36 bits per heavy atom. The Bertz CT molecular complexity index is 1030. The van der Waals surface area contributed by atoms with E-state index in [1.807, 2.05) is 0 Å². The van der Waals surface area contributed by atoms with Crippen molar-refractivity contribution in [3.05, 3.63) is 56.1 Å². The van der Waals surface area contributed by atoms with Crippen LogP contribution in [0.4, 0.5) is 10.5 Å². The quantitative estimate of drug-likeness (QED) is 0.309. The minimum Gasteiger partial charge on any atom is -0.468 e. The summed E-state index contributed by atoms with van der Waals surface area (Å²) >= 11 is 6.45. The number of thioether (sulfide) groups is 1. The number of nitrogens with zero attached hydrogens (tertiary/aromatic N) is 2. The number of furan rings is 1. The number of nitro groups is 1. The van der Waals surface area contributed by atoms with Crippen molar-refractivity contribution in [3.63, 3.8) is 0 Å². The number of benzene rings is 1. The van der Waals surface area contributed by atoms with Gasteiger partial charge >= 0.3 is 5.97 Å². The molecular formula is C17H11ClN2O7S. The van der Waals surface area contributed by atoms with Gasteiger partial charge in [-0.25, -0.2) is 0 Å². The topological polar surface area (TPSA) is 120 Å². The molecule has 0 N–H and O–H groups in total. The van der Waals surface area contributed by atoms with Gasteiger partial charge in [0.25, 0.3) is 16.8 Å². The zero-order valence-electron chi connectivity index (χ0n) is 14.2. The molecule has 1 aliphatic heterocycles. The molecule has 0 saturated carbocycles. The van der Waals surface area contributed by atoms with E-state index < -0.39 is 28.6 Å². The van der Waals surface area contributed by atoms with Crippen LogP contribution >= 0.6 is 23.4 Å². The van der Waals surface area contributed by atoms with Gasteiger partial charge in [-0.05, 0) is 36.0 Å². The summed E-state index contributed by atoms with van der Waals surface area (Å²) in [7, 11) is 1.15. The molecule has 1 aromatic carbocycles. The van der Waals surface area contributed by atoms with Gasteiger partial charge in [0.15, 0.2) is 0 Å². The molecule has 0 radical (unpaired) electrons. The Morgan fingerprint density at radius 2 is 2.11 bits per heavy atom. The molecule has 2 heterocycles. The minimum absolute atomic E-state index is 0.0559. The van der Waals surface area contributed by atoms with E-state index in [2.05, 4.69) is 4.74 Å². The lowest BCUT2D eigenvalue weighted by Crippen LogP contribution is -2.34. The molecule has 9 nitrogen and oxygen atoms in total. The largest absolute Gasteiger partial charge is 0.468 e. The van der Waals surface area contributed by atoms with Crippen LogP contribution < -0.4 is 0 Å². The van der Waals surface area contributed by atoms with Crippen molar-refractivity contribution < 1.29 is 28.5 Å². The number of carbonyl (C=O) groups is 3. The zero-order chi connectivity index (χ0) is 20.4. The normalized spacial score (nSPS) is 15.4. The molecular weight excluding hydrogens is 412 g/mol. The molecule has 2 amide bonds. The van der Waals surface area contributed by atoms with Gasteiger partial charge in [0.05, 0.1) is 22.5 Å². The fraction of sp³-hybridized carbons (Fsp3) is 0.118. The van der Waals surface area contributed by atoms with E-state index in [1.165, 1.54) is 36.4 Å². The van der Waals surface area contributed by atoms with E-state index in [4.69, 9.17) is 16.0 Å². The average molecular weight is 423 g/mol. The number of nitro benzene ring substituents is 1. The first-order valence-corrected chi connectivity index (χ1v) is 8.86. The highest BCUT2D eigenvalue weighted by atomic mass is 35.5. The zero-order valence-corrected chi connectivity index (χ0v) is 15.8. The Kier molecular flexibility index (Phi) is 5.52. The molecule has 0 aliphatic carbocycles. The average Bonchev–Trinajstić information content (AvgIpc) is 3.22. The van der Waals surface area contributed by atoms with Crippen LogP contribution in [0, 0.1) is 10.1 Å². The van der Waals surface area contributed by atoms with Gasteiger partial charge in [0.1, 0.15) is 18.1 Å². The number of hydrogen-bond donors (Lipinski definition) is 0. The highest BCUT2D eigenvalue weighted by Gasteiger charge is 2.36. The Hall–Kier alpha value is -3.11. The van der Waals surface area contributed by atoms with Crippen LogP contribution in [0.25, 0.3) is 17.4 Å². The third-order valence-corrected chi connectivity index (χ3v) is 4.85. The predicted octanol–water partition coefficient (Wildman–Crippen LogP) is 3.72. The maximum atomic E-state index is 12.3. The molecule has 1 aliphatic rings. The van der Waals surface area contributed by atoms with Crippen molar-refractivity contribution >= 4 is 52.2 Å². The lowest BCUT2D eigenvalue weighted by Gasteiger charge is -2.09. The molecule has 11 heteroatoms. The molecule has 1 saturated heterocycles. The van der Waals surface area contributed by atoms with Crippen LogP contribution in [0.15, 0.2) is 39.7 Å². The summed E-state index contributed by atoms with van der Waals surface area (Å²) in [4.78, 5) is 47.0. The first-order valence-electron chi connectivity index (χ1n) is 7.66. The lowest BCUT2D eigenvalue weighted by molar-refractivity contribution is -0.384. The Balaban J connectivity index is 1.88. The number of halogens is 1. The van der Waals surface area contributed by atoms with Crippen LogP contribution in [-0.4, -0.2) is 40.6 Å². The van der Waals surface area contributed by atoms with E-state index in [0.29, 0.717) is 11.8 Å². The van der Waals surface area contributed by atoms with Gasteiger partial charge in [0.2, 0.25) is 0 Å². The first-order chi connectivity index (χ1) is 13.3. The summed E-state index contributed by atoms with van der Waals surface area (Å²) in [5.41, 5.74) is -0.0142. The maximum Gasteiger partial charge on any atom is 0.325 e. The number of imide groups is 1. The van der Waals surface area contributed by atoms with Gasteiger partial charge in [0, 0.05) is 17.2 Å². The molecule has 28 heavy (non-hydrogen) atoms. The standard InChI is InChI=1S/C17H11ClN2O7S/c1-26-15(21)8-19-16(22)14(28-17(19)23)7-10-3-5-13(27-10)11-4-2-9(18)6-12(11)20(24)25/h2-7H,8H2,1H3/b14-7+. The number of rotatable bonds is 5. The van der Waals surface area contributed by atoms with Crippen molar-refractivity contribution in [2.45, 2.75) is 0 Å². The van der Waals surface area contributed by atoms with E-state index in [1.54, 1.807) is 0 Å². The maximum absolute atomic E-state index is 12.3. The molecule has 1 aromatic heterocycles. The predicted molar refractivity (Wildman–Crippen MR) is 101 cm³/mol. The van der Waals surface area contributed by atoms with E-state index in [9.17, 15) is 24.5 Å². The van der Waals surface area contributed by atoms with Crippen LogP contribution in [0.5, 0.6) is 0 Å². The van der Waals surface area contributed by atoms with Crippen LogP contribution in [0.3, 0.4) is 0 Å². The Labute approximate surface area is 167 Å². The summed E-state index contributed by atoms with van der Waals surface area (Å²) in [6.07, 6.45) is 1.33. The van der Waals surface area contributed by atoms with Gasteiger partial charge < -0.3 is 9.15 Å². The van der Waals surface area contributed by atoms with Crippen LogP contribution in [0.2, 0.25) is 5.02 Å². The molecule has 1 fully saturated rings. The second kappa shape index (κ2) is 7.87. The highest BCUT2D eigenvalue weighted by molar-refractivity contribution is 8.18. The van der Waals surface area contributed by atoms with Gasteiger partial charge in [-0.1, -0.05) is 11.6 Å². The molecule has 0 atom stereocenters. The fourth-order valence-corrected chi connectivity index (χ4v) is 3.38. The number of esters is 1. The summed E-state index contributed by atoms with van der Waals surface area (Å²) in [5, 5.41) is 10.8. The number of ether oxygens (including phenoxy) is 1. The third-order valence-electron chi connectivity index (χ3n) is 3.71. The molecule has 3 rings (SSSR count). The number of carbonyl (C=O) groups excluding carboxylic acids is 3. The number of amides is 2. The third kappa shape index (κ3) is 3.92. The van der Waals surface area contributed by atoms with Crippen molar-refractivity contribution in [3.8, 4) is 11.3 Å². The summed E-state index contributed by atoms with van der Waals surface area (Å²) in [6, 6.07) is 7.15. The first kappa shape index (κ1) is 19.6. The second-order valence-electron chi connectivity index (χ2n) is 5.46.